The summed E-state index contributed by atoms with van der Waals surface area (Å²) in [6.45, 7) is 8.28. The van der Waals surface area contributed by atoms with Gasteiger partial charge in [0.05, 0.1) is 17.9 Å². The van der Waals surface area contributed by atoms with Crippen molar-refractivity contribution in [1.82, 2.24) is 15.1 Å². The molecule has 2 aromatic carbocycles. The van der Waals surface area contributed by atoms with Gasteiger partial charge in [-0.05, 0) is 68.5 Å². The van der Waals surface area contributed by atoms with Gasteiger partial charge in [0.1, 0.15) is 11.6 Å². The number of carbonyl (C=O) groups is 3. The molecule has 3 heterocycles. The highest BCUT2D eigenvalue weighted by Crippen LogP contribution is 2.55. The molecule has 8 atom stereocenters. The number of hydrogen-bond donors (Lipinski definition) is 2. The van der Waals surface area contributed by atoms with E-state index in [1.165, 1.54) is 5.56 Å². The summed E-state index contributed by atoms with van der Waals surface area (Å²) in [4.78, 5) is 46.3. The Morgan fingerprint density at radius 2 is 1.89 bits per heavy atom. The number of nitrogens with zero attached hydrogens (tertiary/aromatic N) is 2. The first-order chi connectivity index (χ1) is 21.6. The summed E-state index contributed by atoms with van der Waals surface area (Å²) in [6, 6.07) is 14.8. The van der Waals surface area contributed by atoms with Crippen molar-refractivity contribution in [2.24, 2.45) is 23.7 Å². The van der Waals surface area contributed by atoms with Crippen LogP contribution in [0.1, 0.15) is 50.7 Å². The van der Waals surface area contributed by atoms with E-state index < -0.39 is 29.6 Å². The molecule has 1 saturated carbocycles. The standard InChI is InChI=1S/C36H45ClN4O4/c1-22-10-8-13-28(24(22)3)39-34(43)32-36-17-16-29(45-36)30(33(42)38-26-15-14-23(2)27(37)20-26)31(36)35(44)41(32)19-9-18-40(4)21-25-11-6-5-7-12-25/h5-7,11-12,14-17,20,22,24,28-32H,8-10,13,18-19,21H2,1-4H3,(H,38,42)(H,39,43)/t22-,24-,28-,29-,30+,31-,32-,36-/m1/s1. The minimum absolute atomic E-state index is 0.0404. The molecule has 240 valence electrons. The number of benzene rings is 2. The monoisotopic (exact) mass is 632 g/mol. The number of rotatable bonds is 10. The highest BCUT2D eigenvalue weighted by Gasteiger charge is 2.72. The number of aryl methyl sites for hydroxylation is 1. The molecule has 1 spiro atoms. The summed E-state index contributed by atoms with van der Waals surface area (Å²) in [5.74, 6) is -1.37. The van der Waals surface area contributed by atoms with Crippen molar-refractivity contribution in [3.63, 3.8) is 0 Å². The van der Waals surface area contributed by atoms with Gasteiger partial charge in [0.25, 0.3) is 0 Å². The minimum Gasteiger partial charge on any atom is -0.359 e. The zero-order valence-corrected chi connectivity index (χ0v) is 27.4. The van der Waals surface area contributed by atoms with Gasteiger partial charge in [-0.2, -0.15) is 0 Å². The highest BCUT2D eigenvalue weighted by molar-refractivity contribution is 6.31. The van der Waals surface area contributed by atoms with Crippen molar-refractivity contribution in [3.05, 3.63) is 76.8 Å². The lowest BCUT2D eigenvalue weighted by atomic mass is 9.73. The Balaban J connectivity index is 1.23. The molecule has 4 aliphatic rings. The van der Waals surface area contributed by atoms with E-state index in [-0.39, 0.29) is 23.8 Å². The van der Waals surface area contributed by atoms with Gasteiger partial charge in [0.2, 0.25) is 17.7 Å². The summed E-state index contributed by atoms with van der Waals surface area (Å²) in [7, 11) is 2.06. The van der Waals surface area contributed by atoms with E-state index in [1.807, 2.05) is 43.3 Å². The second kappa shape index (κ2) is 12.9. The average Bonchev–Trinajstić information content (AvgIpc) is 3.65. The molecule has 0 unspecified atom stereocenters. The van der Waals surface area contributed by atoms with E-state index in [1.54, 1.807) is 17.0 Å². The average molecular weight is 633 g/mol. The van der Waals surface area contributed by atoms with E-state index in [4.69, 9.17) is 16.3 Å². The smallest absolute Gasteiger partial charge is 0.246 e. The van der Waals surface area contributed by atoms with Gasteiger partial charge < -0.3 is 25.2 Å². The van der Waals surface area contributed by atoms with E-state index in [0.717, 1.165) is 37.9 Å². The zero-order chi connectivity index (χ0) is 31.9. The Labute approximate surface area is 271 Å². The predicted octanol–water partition coefficient (Wildman–Crippen LogP) is 5.20. The third-order valence-corrected chi connectivity index (χ3v) is 11.0. The number of fused-ring (bicyclic) bond motifs is 1. The Morgan fingerprint density at radius 3 is 2.64 bits per heavy atom. The van der Waals surface area contributed by atoms with Gasteiger partial charge >= 0.3 is 0 Å². The lowest BCUT2D eigenvalue weighted by molar-refractivity contribution is -0.141. The van der Waals surface area contributed by atoms with Gasteiger partial charge in [0.15, 0.2) is 0 Å². The first-order valence-corrected chi connectivity index (χ1v) is 16.7. The Bertz CT molecular complexity index is 1470. The minimum atomic E-state index is -1.18. The number of amides is 3. The molecule has 3 fully saturated rings. The molecular weight excluding hydrogens is 588 g/mol. The Morgan fingerprint density at radius 1 is 1.11 bits per heavy atom. The maximum Gasteiger partial charge on any atom is 0.246 e. The number of hydrogen-bond acceptors (Lipinski definition) is 5. The largest absolute Gasteiger partial charge is 0.359 e. The molecular formula is C36H45ClN4O4. The molecule has 6 rings (SSSR count). The molecule has 3 amide bonds. The molecule has 8 nitrogen and oxygen atoms in total. The van der Waals surface area contributed by atoms with E-state index in [2.05, 4.69) is 48.6 Å². The van der Waals surface area contributed by atoms with Crippen molar-refractivity contribution in [3.8, 4) is 0 Å². The third kappa shape index (κ3) is 6.05. The second-order valence-electron chi connectivity index (χ2n) is 13.6. The number of nitrogens with one attached hydrogen (secondary N) is 2. The Kier molecular flexibility index (Phi) is 9.10. The van der Waals surface area contributed by atoms with Crippen molar-refractivity contribution in [2.45, 2.75) is 76.8 Å². The highest BCUT2D eigenvalue weighted by atomic mass is 35.5. The number of ether oxygens (including phenoxy) is 1. The van der Waals surface area contributed by atoms with Crippen LogP contribution in [0, 0.1) is 30.6 Å². The van der Waals surface area contributed by atoms with Gasteiger partial charge in [-0.3, -0.25) is 14.4 Å². The fraction of sp³-hybridized carbons (Fsp3) is 0.528. The summed E-state index contributed by atoms with van der Waals surface area (Å²) >= 11 is 6.32. The molecule has 3 aliphatic heterocycles. The summed E-state index contributed by atoms with van der Waals surface area (Å²) in [5.41, 5.74) is 1.51. The second-order valence-corrected chi connectivity index (χ2v) is 14.1. The lowest BCUT2D eigenvalue weighted by Crippen LogP contribution is -2.58. The fourth-order valence-corrected chi connectivity index (χ4v) is 8.12. The van der Waals surface area contributed by atoms with Gasteiger partial charge in [-0.15, -0.1) is 0 Å². The van der Waals surface area contributed by atoms with Gasteiger partial charge in [-0.1, -0.05) is 86.8 Å². The normalized spacial score (nSPS) is 31.8. The van der Waals surface area contributed by atoms with E-state index in [9.17, 15) is 14.4 Å². The maximum absolute atomic E-state index is 14.3. The zero-order valence-electron chi connectivity index (χ0n) is 26.7. The summed E-state index contributed by atoms with van der Waals surface area (Å²) in [5, 5.41) is 6.86. The third-order valence-electron chi connectivity index (χ3n) is 10.6. The first-order valence-electron chi connectivity index (χ1n) is 16.4. The number of anilines is 1. The number of likely N-dealkylation sites (tertiary alicyclic amines) is 1. The van der Waals surface area contributed by atoms with Crippen LogP contribution in [-0.4, -0.2) is 71.4 Å². The predicted molar refractivity (Wildman–Crippen MR) is 176 cm³/mol. The van der Waals surface area contributed by atoms with Crippen LogP contribution in [0.25, 0.3) is 0 Å². The van der Waals surface area contributed by atoms with Crippen molar-refractivity contribution in [1.29, 1.82) is 0 Å². The first kappa shape index (κ1) is 31.8. The Hall–Kier alpha value is -3.20. The van der Waals surface area contributed by atoms with Crippen LogP contribution in [0.15, 0.2) is 60.7 Å². The fourth-order valence-electron chi connectivity index (χ4n) is 7.94. The molecule has 2 N–H and O–H groups in total. The number of halogens is 1. The summed E-state index contributed by atoms with van der Waals surface area (Å²) in [6.07, 6.45) is 6.98. The lowest BCUT2D eigenvalue weighted by Gasteiger charge is -2.38. The van der Waals surface area contributed by atoms with Crippen molar-refractivity contribution < 1.29 is 19.1 Å². The molecule has 2 bridgehead atoms. The van der Waals surface area contributed by atoms with Crippen LogP contribution >= 0.6 is 11.6 Å². The molecule has 0 radical (unpaired) electrons. The topological polar surface area (TPSA) is 91.0 Å². The number of carbonyl (C=O) groups excluding carboxylic acids is 3. The van der Waals surface area contributed by atoms with Gasteiger partial charge in [0, 0.05) is 29.8 Å². The quantitative estimate of drug-likeness (QED) is 0.352. The molecule has 1 aliphatic carbocycles. The van der Waals surface area contributed by atoms with Crippen molar-refractivity contribution >= 4 is 35.0 Å². The maximum atomic E-state index is 14.3. The van der Waals surface area contributed by atoms with Crippen LogP contribution < -0.4 is 10.6 Å². The molecule has 2 aromatic rings. The van der Waals surface area contributed by atoms with Crippen LogP contribution in [0.5, 0.6) is 0 Å². The van der Waals surface area contributed by atoms with Crippen LogP contribution in [0.4, 0.5) is 5.69 Å². The molecule has 9 heteroatoms. The SMILES string of the molecule is Cc1ccc(NC(=O)[C@H]2[C@H]3C=C[C@@]4(O3)[C@H]2C(=O)N(CCCN(C)Cc2ccccc2)[C@@H]4C(=O)N[C@@H]2CCC[C@@H](C)[C@H]2C)cc1Cl. The summed E-state index contributed by atoms with van der Waals surface area (Å²) < 4.78 is 6.54. The van der Waals surface area contributed by atoms with Crippen LogP contribution in [-0.2, 0) is 25.7 Å². The van der Waals surface area contributed by atoms with Crippen molar-refractivity contribution in [2.75, 3.05) is 25.5 Å². The van der Waals surface area contributed by atoms with Gasteiger partial charge in [-0.25, -0.2) is 0 Å². The molecule has 2 saturated heterocycles. The van der Waals surface area contributed by atoms with Crippen LogP contribution in [0.2, 0.25) is 5.02 Å². The molecule has 45 heavy (non-hydrogen) atoms. The van der Waals surface area contributed by atoms with E-state index in [0.29, 0.717) is 35.5 Å². The van der Waals surface area contributed by atoms with Crippen LogP contribution in [0.3, 0.4) is 0 Å². The van der Waals surface area contributed by atoms with E-state index >= 15 is 0 Å². The molecule has 0 aromatic heterocycles.